The van der Waals surface area contributed by atoms with Crippen LogP contribution in [-0.4, -0.2) is 9.97 Å². The molecule has 2 N–H and O–H groups in total. The molecule has 76 valence electrons. The van der Waals surface area contributed by atoms with Gasteiger partial charge in [-0.25, -0.2) is 18.7 Å². The van der Waals surface area contributed by atoms with Gasteiger partial charge in [0.2, 0.25) is 0 Å². The smallest absolute Gasteiger partial charge is 0.269 e. The number of nitrogen functional groups attached to an aromatic ring is 1. The predicted molar refractivity (Wildman–Crippen MR) is 48.0 cm³/mol. The normalized spacial score (nSPS) is 17.1. The molecule has 0 aliphatic heterocycles. The van der Waals surface area contributed by atoms with Crippen LogP contribution in [-0.2, 0) is 0 Å². The Kier molecular flexibility index (Phi) is 2.31. The number of nitrogens with two attached hydrogens (primary N) is 1. The summed E-state index contributed by atoms with van der Waals surface area (Å²) < 4.78 is 25.3. The van der Waals surface area contributed by atoms with Crippen LogP contribution < -0.4 is 5.73 Å². The monoisotopic (exact) mass is 199 g/mol. The van der Waals surface area contributed by atoms with Crippen molar-refractivity contribution in [3.8, 4) is 0 Å². The van der Waals surface area contributed by atoms with Gasteiger partial charge in [-0.05, 0) is 12.8 Å². The molecule has 1 aliphatic rings. The summed E-state index contributed by atoms with van der Waals surface area (Å²) in [4.78, 5) is 7.50. The van der Waals surface area contributed by atoms with Crippen LogP contribution in [0.2, 0.25) is 0 Å². The Morgan fingerprint density at radius 2 is 2.07 bits per heavy atom. The Morgan fingerprint density at radius 3 is 2.57 bits per heavy atom. The van der Waals surface area contributed by atoms with Crippen molar-refractivity contribution in [1.29, 1.82) is 0 Å². The van der Waals surface area contributed by atoms with Gasteiger partial charge < -0.3 is 5.73 Å². The third-order valence-corrected chi connectivity index (χ3v) is 2.66. The second-order valence-corrected chi connectivity index (χ2v) is 3.49. The summed E-state index contributed by atoms with van der Waals surface area (Å²) in [6.45, 7) is 0. The summed E-state index contributed by atoms with van der Waals surface area (Å²) >= 11 is 0. The molecule has 0 bridgehead atoms. The highest BCUT2D eigenvalue weighted by molar-refractivity contribution is 5.43. The van der Waals surface area contributed by atoms with Gasteiger partial charge in [0.1, 0.15) is 12.1 Å². The molecule has 0 amide bonds. The summed E-state index contributed by atoms with van der Waals surface area (Å²) in [5.41, 5.74) is 5.68. The first-order valence-electron chi connectivity index (χ1n) is 4.58. The molecule has 1 aromatic rings. The van der Waals surface area contributed by atoms with Gasteiger partial charge in [-0.2, -0.15) is 0 Å². The molecule has 0 atom stereocenters. The van der Waals surface area contributed by atoms with E-state index < -0.39 is 6.43 Å². The van der Waals surface area contributed by atoms with Crippen molar-refractivity contribution in [2.75, 3.05) is 5.73 Å². The summed E-state index contributed by atoms with van der Waals surface area (Å²) in [6.07, 6.45) is 1.62. The molecule has 1 aromatic heterocycles. The van der Waals surface area contributed by atoms with Crippen molar-refractivity contribution in [3.63, 3.8) is 0 Å². The van der Waals surface area contributed by atoms with Crippen LogP contribution in [0.25, 0.3) is 0 Å². The number of hydrogen-bond acceptors (Lipinski definition) is 3. The van der Waals surface area contributed by atoms with Crippen molar-refractivity contribution in [3.05, 3.63) is 17.6 Å². The standard InChI is InChI=1S/C9H11F2N3/c10-8(11)6-7(5-2-1-3-5)13-4-14-9(6)12/h4-5,8H,1-3H2,(H2,12,13,14). The SMILES string of the molecule is Nc1ncnc(C2CCC2)c1C(F)F. The lowest BCUT2D eigenvalue weighted by Gasteiger charge is -2.26. The Hall–Kier alpha value is -1.26. The maximum absolute atomic E-state index is 12.6. The summed E-state index contributed by atoms with van der Waals surface area (Å²) in [5, 5.41) is 0. The van der Waals surface area contributed by atoms with Crippen LogP contribution >= 0.6 is 0 Å². The molecule has 1 saturated carbocycles. The zero-order valence-corrected chi connectivity index (χ0v) is 7.58. The molecule has 14 heavy (non-hydrogen) atoms. The summed E-state index contributed by atoms with van der Waals surface area (Å²) in [6, 6.07) is 0. The second-order valence-electron chi connectivity index (χ2n) is 3.49. The zero-order chi connectivity index (χ0) is 10.1. The second kappa shape index (κ2) is 3.48. The molecule has 3 nitrogen and oxygen atoms in total. The minimum Gasteiger partial charge on any atom is -0.383 e. The Labute approximate surface area is 80.4 Å². The van der Waals surface area contributed by atoms with E-state index in [0.29, 0.717) is 5.69 Å². The van der Waals surface area contributed by atoms with Crippen LogP contribution in [0.15, 0.2) is 6.33 Å². The highest BCUT2D eigenvalue weighted by atomic mass is 19.3. The quantitative estimate of drug-likeness (QED) is 0.794. The molecular weight excluding hydrogens is 188 g/mol. The topological polar surface area (TPSA) is 51.8 Å². The van der Waals surface area contributed by atoms with Crippen molar-refractivity contribution in [2.24, 2.45) is 0 Å². The fraction of sp³-hybridized carbons (Fsp3) is 0.556. The van der Waals surface area contributed by atoms with Crippen LogP contribution in [0.3, 0.4) is 0 Å². The Morgan fingerprint density at radius 1 is 1.36 bits per heavy atom. The largest absolute Gasteiger partial charge is 0.383 e. The van der Waals surface area contributed by atoms with Crippen LogP contribution in [0, 0.1) is 0 Å². The highest BCUT2D eigenvalue weighted by Crippen LogP contribution is 2.40. The van der Waals surface area contributed by atoms with Crippen LogP contribution in [0.1, 0.15) is 42.9 Å². The molecule has 0 aromatic carbocycles. The third kappa shape index (κ3) is 1.42. The number of rotatable bonds is 2. The lowest BCUT2D eigenvalue weighted by atomic mass is 9.81. The van der Waals surface area contributed by atoms with Crippen molar-refractivity contribution >= 4 is 5.82 Å². The fourth-order valence-electron chi connectivity index (χ4n) is 1.65. The highest BCUT2D eigenvalue weighted by Gasteiger charge is 2.28. The molecule has 0 saturated heterocycles. The number of hydrogen-bond donors (Lipinski definition) is 1. The number of aromatic nitrogens is 2. The van der Waals surface area contributed by atoms with Gasteiger partial charge in [0, 0.05) is 5.92 Å². The molecule has 1 heterocycles. The summed E-state index contributed by atoms with van der Waals surface area (Å²) in [5.74, 6) is 0.0706. The van der Waals surface area contributed by atoms with E-state index in [-0.39, 0.29) is 17.3 Å². The summed E-state index contributed by atoms with van der Waals surface area (Å²) in [7, 11) is 0. The fourth-order valence-corrected chi connectivity index (χ4v) is 1.65. The molecule has 0 radical (unpaired) electrons. The number of halogens is 2. The van der Waals surface area contributed by atoms with Gasteiger partial charge in [0.15, 0.2) is 0 Å². The first-order chi connectivity index (χ1) is 6.70. The van der Waals surface area contributed by atoms with Gasteiger partial charge in [-0.3, -0.25) is 0 Å². The minimum absolute atomic E-state index is 0.0862. The van der Waals surface area contributed by atoms with E-state index in [9.17, 15) is 8.78 Å². The van der Waals surface area contributed by atoms with E-state index in [2.05, 4.69) is 9.97 Å². The van der Waals surface area contributed by atoms with Crippen molar-refractivity contribution < 1.29 is 8.78 Å². The van der Waals surface area contributed by atoms with E-state index in [4.69, 9.17) is 5.73 Å². The predicted octanol–water partition coefficient (Wildman–Crippen LogP) is 2.26. The average Bonchev–Trinajstić information content (AvgIpc) is 1.99. The van der Waals surface area contributed by atoms with E-state index in [1.54, 1.807) is 0 Å². The van der Waals surface area contributed by atoms with Gasteiger partial charge >= 0.3 is 0 Å². The number of nitrogens with zero attached hydrogens (tertiary/aromatic N) is 2. The van der Waals surface area contributed by atoms with Gasteiger partial charge in [-0.15, -0.1) is 0 Å². The lowest BCUT2D eigenvalue weighted by Crippen LogP contribution is -2.15. The molecule has 0 spiro atoms. The van der Waals surface area contributed by atoms with E-state index in [0.717, 1.165) is 19.3 Å². The van der Waals surface area contributed by atoms with E-state index in [1.807, 2.05) is 0 Å². The molecule has 1 aliphatic carbocycles. The molecule has 2 rings (SSSR count). The molecule has 1 fully saturated rings. The Bertz CT molecular complexity index is 337. The minimum atomic E-state index is -2.58. The van der Waals surface area contributed by atoms with Gasteiger partial charge in [-0.1, -0.05) is 6.42 Å². The number of alkyl halides is 2. The van der Waals surface area contributed by atoms with Crippen LogP contribution in [0.4, 0.5) is 14.6 Å². The maximum atomic E-state index is 12.6. The van der Waals surface area contributed by atoms with Crippen LogP contribution in [0.5, 0.6) is 0 Å². The number of anilines is 1. The van der Waals surface area contributed by atoms with Crippen molar-refractivity contribution in [1.82, 2.24) is 9.97 Å². The van der Waals surface area contributed by atoms with E-state index >= 15 is 0 Å². The molecular formula is C9H11F2N3. The molecule has 5 heteroatoms. The van der Waals surface area contributed by atoms with E-state index in [1.165, 1.54) is 6.33 Å². The lowest BCUT2D eigenvalue weighted by molar-refractivity contribution is 0.148. The maximum Gasteiger partial charge on any atom is 0.269 e. The molecule has 0 unspecified atom stereocenters. The average molecular weight is 199 g/mol. The van der Waals surface area contributed by atoms with Gasteiger partial charge in [0.25, 0.3) is 6.43 Å². The third-order valence-electron chi connectivity index (χ3n) is 2.66. The van der Waals surface area contributed by atoms with Gasteiger partial charge in [0.05, 0.1) is 11.3 Å². The Balaban J connectivity index is 2.41. The first kappa shape index (κ1) is 9.30. The first-order valence-corrected chi connectivity index (χ1v) is 4.58. The van der Waals surface area contributed by atoms with Crippen molar-refractivity contribution in [2.45, 2.75) is 31.6 Å². The zero-order valence-electron chi connectivity index (χ0n) is 7.58.